The molecule has 0 aliphatic carbocycles. The van der Waals surface area contributed by atoms with Crippen LogP contribution in [0.5, 0.6) is 11.5 Å². The Morgan fingerprint density at radius 2 is 1.11 bits per heavy atom. The molecule has 0 heterocycles. The number of hydrogen-bond acceptors (Lipinski definition) is 4. The van der Waals surface area contributed by atoms with Crippen LogP contribution in [0, 0.1) is 0 Å². The fourth-order valence-corrected chi connectivity index (χ4v) is 4.37. The van der Waals surface area contributed by atoms with Crippen LogP contribution < -0.4 is 10.6 Å². The largest absolute Gasteiger partial charge is 0.507 e. The topological polar surface area (TPSA) is 98.7 Å². The average molecular weight is 489 g/mol. The van der Waals surface area contributed by atoms with Gasteiger partial charge in [-0.15, -0.1) is 0 Å². The van der Waals surface area contributed by atoms with E-state index in [4.69, 9.17) is 0 Å². The van der Waals surface area contributed by atoms with Gasteiger partial charge in [0, 0.05) is 11.4 Å². The number of amides is 2. The highest BCUT2D eigenvalue weighted by Gasteiger charge is 2.16. The van der Waals surface area contributed by atoms with Crippen LogP contribution >= 0.6 is 0 Å². The SMILES string of the molecule is CCCC(C)c1ccc(C(=O)Nc2cccc(NC(=O)c3ccc(C(C)CCC)cc3O)c2)c(O)c1. The molecule has 0 saturated heterocycles. The Kier molecular flexibility index (Phi) is 9.12. The Bertz CT molecular complexity index is 1130. The predicted octanol–water partition coefficient (Wildman–Crippen LogP) is 7.41. The van der Waals surface area contributed by atoms with E-state index in [9.17, 15) is 19.8 Å². The molecule has 0 aliphatic rings. The van der Waals surface area contributed by atoms with E-state index >= 15 is 0 Å². The van der Waals surface area contributed by atoms with Crippen molar-refractivity contribution in [3.63, 3.8) is 0 Å². The fraction of sp³-hybridized carbons (Fsp3) is 0.333. The van der Waals surface area contributed by atoms with Crippen molar-refractivity contribution >= 4 is 23.2 Å². The molecule has 0 aromatic heterocycles. The Morgan fingerprint density at radius 1 is 0.694 bits per heavy atom. The summed E-state index contributed by atoms with van der Waals surface area (Å²) in [6, 6.07) is 17.0. The molecule has 0 radical (unpaired) electrons. The van der Waals surface area contributed by atoms with E-state index in [1.807, 2.05) is 12.1 Å². The van der Waals surface area contributed by atoms with E-state index in [-0.39, 0.29) is 22.6 Å². The molecule has 0 fully saturated rings. The lowest BCUT2D eigenvalue weighted by Gasteiger charge is -2.14. The number of phenols is 2. The Morgan fingerprint density at radius 3 is 1.47 bits per heavy atom. The van der Waals surface area contributed by atoms with Gasteiger partial charge in [-0.05, 0) is 78.3 Å². The first-order valence-electron chi connectivity index (χ1n) is 12.6. The molecule has 3 aromatic carbocycles. The summed E-state index contributed by atoms with van der Waals surface area (Å²) >= 11 is 0. The highest BCUT2D eigenvalue weighted by molar-refractivity contribution is 6.08. The zero-order chi connectivity index (χ0) is 26.2. The standard InChI is InChI=1S/C30H36N2O4/c1-5-8-19(3)21-12-14-25(27(33)16-21)29(35)31-23-10-7-11-24(18-23)32-30(36)26-15-13-22(17-28(26)34)20(4)9-6-2/h7,10-20,33-34H,5-6,8-9H2,1-4H3,(H,31,35)(H,32,36). The second-order valence-electron chi connectivity index (χ2n) is 9.42. The van der Waals surface area contributed by atoms with E-state index in [0.29, 0.717) is 23.2 Å². The van der Waals surface area contributed by atoms with Gasteiger partial charge in [0.1, 0.15) is 11.5 Å². The number of nitrogens with one attached hydrogen (secondary N) is 2. The summed E-state index contributed by atoms with van der Waals surface area (Å²) in [7, 11) is 0. The van der Waals surface area contributed by atoms with Crippen molar-refractivity contribution in [2.75, 3.05) is 10.6 Å². The first-order chi connectivity index (χ1) is 17.2. The van der Waals surface area contributed by atoms with Crippen LogP contribution in [0.2, 0.25) is 0 Å². The number of benzene rings is 3. The fourth-order valence-electron chi connectivity index (χ4n) is 4.37. The smallest absolute Gasteiger partial charge is 0.259 e. The molecular weight excluding hydrogens is 452 g/mol. The van der Waals surface area contributed by atoms with Crippen LogP contribution in [0.25, 0.3) is 0 Å². The predicted molar refractivity (Wildman–Crippen MR) is 145 cm³/mol. The summed E-state index contributed by atoms with van der Waals surface area (Å²) in [5.41, 5.74) is 3.28. The molecule has 36 heavy (non-hydrogen) atoms. The van der Waals surface area contributed by atoms with Crippen molar-refractivity contribution in [3.05, 3.63) is 82.9 Å². The maximum Gasteiger partial charge on any atom is 0.259 e. The molecule has 0 spiro atoms. The number of hydrogen-bond donors (Lipinski definition) is 4. The van der Waals surface area contributed by atoms with Gasteiger partial charge >= 0.3 is 0 Å². The van der Waals surface area contributed by atoms with E-state index in [0.717, 1.165) is 36.8 Å². The van der Waals surface area contributed by atoms with Crippen molar-refractivity contribution in [1.82, 2.24) is 0 Å². The van der Waals surface area contributed by atoms with Gasteiger partial charge in [-0.1, -0.05) is 58.7 Å². The summed E-state index contributed by atoms with van der Waals surface area (Å²) in [5.74, 6) is -0.420. The number of carbonyl (C=O) groups is 2. The molecule has 0 saturated carbocycles. The lowest BCUT2D eigenvalue weighted by molar-refractivity contribution is 0.101. The minimum atomic E-state index is -0.444. The quantitative estimate of drug-likeness (QED) is 0.239. The zero-order valence-electron chi connectivity index (χ0n) is 21.5. The van der Waals surface area contributed by atoms with Crippen LogP contribution in [0.4, 0.5) is 11.4 Å². The van der Waals surface area contributed by atoms with Crippen molar-refractivity contribution in [2.24, 2.45) is 0 Å². The second kappa shape index (κ2) is 12.2. The maximum atomic E-state index is 12.8. The van der Waals surface area contributed by atoms with Gasteiger partial charge in [0.2, 0.25) is 0 Å². The molecule has 2 atom stereocenters. The summed E-state index contributed by atoms with van der Waals surface area (Å²) in [6.45, 7) is 8.42. The first kappa shape index (κ1) is 26.8. The van der Waals surface area contributed by atoms with Crippen LogP contribution in [0.3, 0.4) is 0 Å². The lowest BCUT2D eigenvalue weighted by Crippen LogP contribution is -2.14. The Hall–Kier alpha value is -3.80. The van der Waals surface area contributed by atoms with Gasteiger partial charge in [-0.25, -0.2) is 0 Å². The van der Waals surface area contributed by atoms with Crippen molar-refractivity contribution in [2.45, 2.75) is 65.2 Å². The zero-order valence-corrected chi connectivity index (χ0v) is 21.5. The molecule has 3 rings (SSSR count). The highest BCUT2D eigenvalue weighted by atomic mass is 16.3. The normalized spacial score (nSPS) is 12.6. The molecular formula is C30H36N2O4. The van der Waals surface area contributed by atoms with Gasteiger partial charge < -0.3 is 20.8 Å². The van der Waals surface area contributed by atoms with Crippen molar-refractivity contribution in [3.8, 4) is 11.5 Å². The monoisotopic (exact) mass is 488 g/mol. The number of aromatic hydroxyl groups is 2. The van der Waals surface area contributed by atoms with E-state index < -0.39 is 11.8 Å². The van der Waals surface area contributed by atoms with Gasteiger partial charge in [-0.3, -0.25) is 9.59 Å². The van der Waals surface area contributed by atoms with Crippen molar-refractivity contribution < 1.29 is 19.8 Å². The Labute approximate surface area is 213 Å². The van der Waals surface area contributed by atoms with Gasteiger partial charge in [-0.2, -0.15) is 0 Å². The third-order valence-electron chi connectivity index (χ3n) is 6.49. The number of rotatable bonds is 10. The molecule has 0 bridgehead atoms. The third-order valence-corrected chi connectivity index (χ3v) is 6.49. The third kappa shape index (κ3) is 6.66. The Balaban J connectivity index is 1.69. The second-order valence-corrected chi connectivity index (χ2v) is 9.42. The first-order valence-corrected chi connectivity index (χ1v) is 12.6. The van der Waals surface area contributed by atoms with E-state index in [2.05, 4.69) is 38.3 Å². The van der Waals surface area contributed by atoms with Gasteiger partial charge in [0.05, 0.1) is 11.1 Å². The number of anilines is 2. The van der Waals surface area contributed by atoms with E-state index in [1.165, 1.54) is 0 Å². The van der Waals surface area contributed by atoms with Gasteiger partial charge in [0.15, 0.2) is 0 Å². The molecule has 190 valence electrons. The molecule has 6 heteroatoms. The van der Waals surface area contributed by atoms with Crippen LogP contribution in [-0.4, -0.2) is 22.0 Å². The molecule has 3 aromatic rings. The number of carbonyl (C=O) groups excluding carboxylic acids is 2. The van der Waals surface area contributed by atoms with E-state index in [1.54, 1.807) is 48.5 Å². The molecule has 2 amide bonds. The number of phenolic OH excluding ortho intramolecular Hbond substituents is 2. The highest BCUT2D eigenvalue weighted by Crippen LogP contribution is 2.29. The maximum absolute atomic E-state index is 12.8. The van der Waals surface area contributed by atoms with Crippen LogP contribution in [0.1, 0.15) is 97.1 Å². The minimum Gasteiger partial charge on any atom is -0.507 e. The van der Waals surface area contributed by atoms with Crippen LogP contribution in [0.15, 0.2) is 60.7 Å². The summed E-state index contributed by atoms with van der Waals surface area (Å²) in [4.78, 5) is 25.6. The minimum absolute atomic E-state index is 0.0652. The molecule has 0 aliphatic heterocycles. The summed E-state index contributed by atoms with van der Waals surface area (Å²) in [6.07, 6.45) is 4.09. The lowest BCUT2D eigenvalue weighted by atomic mass is 9.95. The molecule has 6 nitrogen and oxygen atoms in total. The van der Waals surface area contributed by atoms with Gasteiger partial charge in [0.25, 0.3) is 11.8 Å². The molecule has 2 unspecified atom stereocenters. The summed E-state index contributed by atoms with van der Waals surface area (Å²) < 4.78 is 0. The average Bonchev–Trinajstić information content (AvgIpc) is 2.84. The molecule has 4 N–H and O–H groups in total. The summed E-state index contributed by atoms with van der Waals surface area (Å²) in [5, 5.41) is 26.4. The van der Waals surface area contributed by atoms with Crippen molar-refractivity contribution in [1.29, 1.82) is 0 Å². The van der Waals surface area contributed by atoms with Crippen LogP contribution in [-0.2, 0) is 0 Å².